The summed E-state index contributed by atoms with van der Waals surface area (Å²) in [6.07, 6.45) is 4.16. The fourth-order valence-corrected chi connectivity index (χ4v) is 2.50. The molecule has 2 nitrogen and oxygen atoms in total. The van der Waals surface area contributed by atoms with Gasteiger partial charge in [-0.15, -0.1) is 0 Å². The number of nitrogens with one attached hydrogen (secondary N) is 1. The number of ether oxygens (including phenoxy) is 1. The van der Waals surface area contributed by atoms with E-state index >= 15 is 0 Å². The van der Waals surface area contributed by atoms with Crippen LogP contribution in [0.3, 0.4) is 0 Å². The molecule has 1 aliphatic rings. The van der Waals surface area contributed by atoms with Crippen molar-refractivity contribution in [2.24, 2.45) is 0 Å². The van der Waals surface area contributed by atoms with Crippen LogP contribution in [0.15, 0.2) is 18.2 Å². The highest BCUT2D eigenvalue weighted by Gasteiger charge is 2.10. The molecule has 17 heavy (non-hydrogen) atoms. The van der Waals surface area contributed by atoms with Crippen molar-refractivity contribution >= 4 is 0 Å². The van der Waals surface area contributed by atoms with Gasteiger partial charge in [0.15, 0.2) is 0 Å². The van der Waals surface area contributed by atoms with Gasteiger partial charge in [-0.05, 0) is 49.8 Å². The van der Waals surface area contributed by atoms with E-state index in [-0.39, 0.29) is 0 Å². The van der Waals surface area contributed by atoms with Crippen molar-refractivity contribution in [3.8, 4) is 0 Å². The zero-order chi connectivity index (χ0) is 12.1. The van der Waals surface area contributed by atoms with Crippen LogP contribution in [0.5, 0.6) is 0 Å². The number of rotatable bonds is 6. The minimum atomic E-state index is 0.300. The van der Waals surface area contributed by atoms with Crippen LogP contribution < -0.4 is 5.32 Å². The Labute approximate surface area is 104 Å². The van der Waals surface area contributed by atoms with Gasteiger partial charge in [0.25, 0.3) is 0 Å². The molecule has 2 heteroatoms. The Balaban J connectivity index is 1.79. The van der Waals surface area contributed by atoms with Gasteiger partial charge in [-0.3, -0.25) is 0 Å². The summed E-state index contributed by atoms with van der Waals surface area (Å²) in [5, 5.41) is 3.45. The number of hydrogen-bond donors (Lipinski definition) is 1. The molecule has 0 fully saturated rings. The van der Waals surface area contributed by atoms with E-state index in [1.165, 1.54) is 24.8 Å². The van der Waals surface area contributed by atoms with E-state index in [0.717, 1.165) is 19.7 Å². The van der Waals surface area contributed by atoms with Crippen molar-refractivity contribution in [2.75, 3.05) is 13.2 Å². The molecule has 1 aromatic carbocycles. The van der Waals surface area contributed by atoms with Gasteiger partial charge < -0.3 is 10.1 Å². The standard InChI is InChI=1S/C15H23NO/c1-3-17-12(2)10-16-11-13-7-8-14-5-4-6-15(14)9-13/h7-9,12,16H,3-6,10-11H2,1-2H3. The summed E-state index contributed by atoms with van der Waals surface area (Å²) in [6.45, 7) is 6.81. The molecule has 0 bridgehead atoms. The molecule has 1 N–H and O–H groups in total. The summed E-state index contributed by atoms with van der Waals surface area (Å²) >= 11 is 0. The van der Waals surface area contributed by atoms with E-state index in [4.69, 9.17) is 4.74 Å². The van der Waals surface area contributed by atoms with Crippen molar-refractivity contribution in [1.82, 2.24) is 5.32 Å². The number of fused-ring (bicyclic) bond motifs is 1. The van der Waals surface area contributed by atoms with E-state index < -0.39 is 0 Å². The van der Waals surface area contributed by atoms with Crippen molar-refractivity contribution in [3.05, 3.63) is 34.9 Å². The third kappa shape index (κ3) is 3.55. The lowest BCUT2D eigenvalue weighted by Crippen LogP contribution is -2.26. The first-order valence-electron chi connectivity index (χ1n) is 6.72. The number of aryl methyl sites for hydroxylation is 2. The molecule has 2 rings (SSSR count). The van der Waals surface area contributed by atoms with Gasteiger partial charge in [0.1, 0.15) is 0 Å². The Hall–Kier alpha value is -0.860. The molecular weight excluding hydrogens is 210 g/mol. The minimum Gasteiger partial charge on any atom is -0.377 e. The topological polar surface area (TPSA) is 21.3 Å². The molecule has 1 aromatic rings. The van der Waals surface area contributed by atoms with E-state index in [1.54, 1.807) is 11.1 Å². The fourth-order valence-electron chi connectivity index (χ4n) is 2.50. The first-order chi connectivity index (χ1) is 8.29. The van der Waals surface area contributed by atoms with Crippen LogP contribution in [-0.2, 0) is 24.1 Å². The van der Waals surface area contributed by atoms with Crippen molar-refractivity contribution in [1.29, 1.82) is 0 Å². The number of benzene rings is 1. The second-order valence-electron chi connectivity index (χ2n) is 4.85. The summed E-state index contributed by atoms with van der Waals surface area (Å²) < 4.78 is 5.49. The maximum Gasteiger partial charge on any atom is 0.0671 e. The third-order valence-electron chi connectivity index (χ3n) is 3.38. The van der Waals surface area contributed by atoms with Gasteiger partial charge in [-0.2, -0.15) is 0 Å². The highest BCUT2D eigenvalue weighted by molar-refractivity contribution is 5.35. The second-order valence-corrected chi connectivity index (χ2v) is 4.85. The quantitative estimate of drug-likeness (QED) is 0.815. The van der Waals surface area contributed by atoms with E-state index in [1.807, 2.05) is 6.92 Å². The van der Waals surface area contributed by atoms with Gasteiger partial charge in [0, 0.05) is 19.7 Å². The molecule has 1 unspecified atom stereocenters. The summed E-state index contributed by atoms with van der Waals surface area (Å²) in [5.74, 6) is 0. The lowest BCUT2D eigenvalue weighted by atomic mass is 10.1. The van der Waals surface area contributed by atoms with Crippen molar-refractivity contribution in [2.45, 2.75) is 45.8 Å². The number of hydrogen-bond acceptors (Lipinski definition) is 2. The van der Waals surface area contributed by atoms with Gasteiger partial charge in [0.2, 0.25) is 0 Å². The van der Waals surface area contributed by atoms with E-state index in [0.29, 0.717) is 6.10 Å². The van der Waals surface area contributed by atoms with Gasteiger partial charge in [-0.1, -0.05) is 18.2 Å². The molecule has 0 saturated heterocycles. The Kier molecular flexibility index (Phi) is 4.57. The molecular formula is C15H23NO. The average molecular weight is 233 g/mol. The lowest BCUT2D eigenvalue weighted by molar-refractivity contribution is 0.0759. The first kappa shape index (κ1) is 12.6. The van der Waals surface area contributed by atoms with Crippen LogP contribution in [0.4, 0.5) is 0 Å². The minimum absolute atomic E-state index is 0.300. The average Bonchev–Trinajstić information content (AvgIpc) is 2.76. The summed E-state index contributed by atoms with van der Waals surface area (Å²) in [4.78, 5) is 0. The molecule has 0 saturated carbocycles. The third-order valence-corrected chi connectivity index (χ3v) is 3.38. The van der Waals surface area contributed by atoms with E-state index in [2.05, 4.69) is 30.4 Å². The van der Waals surface area contributed by atoms with E-state index in [9.17, 15) is 0 Å². The molecule has 0 amide bonds. The lowest BCUT2D eigenvalue weighted by Gasteiger charge is -2.13. The predicted molar refractivity (Wildman–Crippen MR) is 71.3 cm³/mol. The Bertz CT molecular complexity index is 362. The van der Waals surface area contributed by atoms with Crippen LogP contribution in [0.25, 0.3) is 0 Å². The monoisotopic (exact) mass is 233 g/mol. The van der Waals surface area contributed by atoms with Crippen LogP contribution in [0.2, 0.25) is 0 Å². The van der Waals surface area contributed by atoms with Crippen molar-refractivity contribution in [3.63, 3.8) is 0 Å². The van der Waals surface area contributed by atoms with Crippen LogP contribution in [0, 0.1) is 0 Å². The summed E-state index contributed by atoms with van der Waals surface area (Å²) in [7, 11) is 0. The van der Waals surface area contributed by atoms with Gasteiger partial charge in [-0.25, -0.2) is 0 Å². The normalized spacial score (nSPS) is 15.9. The maximum absolute atomic E-state index is 5.49. The molecule has 0 aliphatic heterocycles. The van der Waals surface area contributed by atoms with Crippen molar-refractivity contribution < 1.29 is 4.74 Å². The molecule has 1 atom stereocenters. The summed E-state index contributed by atoms with van der Waals surface area (Å²) in [6, 6.07) is 6.91. The smallest absolute Gasteiger partial charge is 0.0671 e. The zero-order valence-corrected chi connectivity index (χ0v) is 11.0. The van der Waals surface area contributed by atoms with Crippen LogP contribution in [0.1, 0.15) is 37.0 Å². The second kappa shape index (κ2) is 6.18. The molecule has 0 spiro atoms. The highest BCUT2D eigenvalue weighted by atomic mass is 16.5. The Morgan fingerprint density at radius 2 is 2.12 bits per heavy atom. The molecule has 0 radical (unpaired) electrons. The molecule has 0 aromatic heterocycles. The zero-order valence-electron chi connectivity index (χ0n) is 11.0. The first-order valence-corrected chi connectivity index (χ1v) is 6.72. The fraction of sp³-hybridized carbons (Fsp3) is 0.600. The van der Waals surface area contributed by atoms with Crippen LogP contribution in [-0.4, -0.2) is 19.3 Å². The largest absolute Gasteiger partial charge is 0.377 e. The highest BCUT2D eigenvalue weighted by Crippen LogP contribution is 2.22. The molecule has 94 valence electrons. The predicted octanol–water partition coefficient (Wildman–Crippen LogP) is 2.69. The summed E-state index contributed by atoms with van der Waals surface area (Å²) in [5.41, 5.74) is 4.51. The SMILES string of the molecule is CCOC(C)CNCc1ccc2c(c1)CCC2. The molecule has 0 heterocycles. The Morgan fingerprint density at radius 3 is 2.94 bits per heavy atom. The van der Waals surface area contributed by atoms with Gasteiger partial charge in [0.05, 0.1) is 6.10 Å². The van der Waals surface area contributed by atoms with Crippen LogP contribution >= 0.6 is 0 Å². The Morgan fingerprint density at radius 1 is 1.29 bits per heavy atom. The molecule has 1 aliphatic carbocycles. The maximum atomic E-state index is 5.49. The van der Waals surface area contributed by atoms with Gasteiger partial charge >= 0.3 is 0 Å².